The van der Waals surface area contributed by atoms with Gasteiger partial charge in [-0.25, -0.2) is 8.42 Å². The van der Waals surface area contributed by atoms with Gasteiger partial charge in [0.2, 0.25) is 10.0 Å². The smallest absolute Gasteiger partial charge is 0.303 e. The maximum absolute atomic E-state index is 12.6. The lowest BCUT2D eigenvalue weighted by molar-refractivity contribution is -0.138. The van der Waals surface area contributed by atoms with Crippen molar-refractivity contribution in [3.63, 3.8) is 0 Å². The maximum Gasteiger partial charge on any atom is 0.303 e. The molecule has 2 rings (SSSR count). The van der Waals surface area contributed by atoms with Crippen molar-refractivity contribution in [2.24, 2.45) is 5.92 Å². The number of ether oxygens (including phenoxy) is 1. The Morgan fingerprint density at radius 1 is 1.33 bits per heavy atom. The summed E-state index contributed by atoms with van der Waals surface area (Å²) in [5.41, 5.74) is 0. The third-order valence-electron chi connectivity index (χ3n) is 3.72. The Labute approximate surface area is 124 Å². The first kappa shape index (κ1) is 15.8. The zero-order chi connectivity index (χ0) is 15.5. The highest BCUT2D eigenvalue weighted by Gasteiger charge is 2.31. The Bertz CT molecular complexity index is 606. The highest BCUT2D eigenvalue weighted by molar-refractivity contribution is 7.89. The van der Waals surface area contributed by atoms with E-state index in [1.165, 1.54) is 17.5 Å². The van der Waals surface area contributed by atoms with E-state index in [9.17, 15) is 13.2 Å². The molecule has 116 valence electrons. The summed E-state index contributed by atoms with van der Waals surface area (Å²) in [6.45, 7) is 0.691. The number of sulfonamides is 1. The van der Waals surface area contributed by atoms with E-state index in [4.69, 9.17) is 9.84 Å². The second-order valence-electron chi connectivity index (χ2n) is 5.10. The van der Waals surface area contributed by atoms with Crippen molar-refractivity contribution in [1.82, 2.24) is 4.31 Å². The van der Waals surface area contributed by atoms with Crippen LogP contribution in [0.3, 0.4) is 0 Å². The number of aliphatic carboxylic acids is 1. The number of benzene rings is 1. The lowest BCUT2D eigenvalue weighted by Gasteiger charge is -2.30. The largest absolute Gasteiger partial charge is 0.495 e. The molecule has 1 heterocycles. The third kappa shape index (κ3) is 3.54. The lowest BCUT2D eigenvalue weighted by Crippen LogP contribution is -2.39. The molecule has 1 fully saturated rings. The summed E-state index contributed by atoms with van der Waals surface area (Å²) in [7, 11) is -2.16. The summed E-state index contributed by atoms with van der Waals surface area (Å²) in [4.78, 5) is 10.9. The van der Waals surface area contributed by atoms with Crippen LogP contribution in [0.5, 0.6) is 5.75 Å². The van der Waals surface area contributed by atoms with Crippen LogP contribution >= 0.6 is 0 Å². The number of hydrogen-bond acceptors (Lipinski definition) is 4. The predicted molar refractivity (Wildman–Crippen MR) is 76.7 cm³/mol. The molecule has 0 spiro atoms. The molecule has 0 amide bonds. The van der Waals surface area contributed by atoms with Crippen LogP contribution in [-0.2, 0) is 14.8 Å². The first-order valence-electron chi connectivity index (χ1n) is 6.80. The second kappa shape index (κ2) is 6.44. The van der Waals surface area contributed by atoms with Crippen molar-refractivity contribution in [2.75, 3.05) is 20.2 Å². The summed E-state index contributed by atoms with van der Waals surface area (Å²) in [6, 6.07) is 6.52. The van der Waals surface area contributed by atoms with Crippen LogP contribution in [0.4, 0.5) is 0 Å². The van der Waals surface area contributed by atoms with Gasteiger partial charge in [-0.2, -0.15) is 4.31 Å². The summed E-state index contributed by atoms with van der Waals surface area (Å²) in [5, 5.41) is 8.79. The molecule has 0 saturated carbocycles. The minimum Gasteiger partial charge on any atom is -0.495 e. The number of methoxy groups -OCH3 is 1. The standard InChI is InChI=1S/C14H19NO5S/c1-20-12-4-2-3-5-13(12)21(18,19)15-8-6-11(7-9-15)10-14(16)17/h2-5,11H,6-10H2,1H3,(H,16,17). The number of carbonyl (C=O) groups is 1. The minimum absolute atomic E-state index is 0.0478. The van der Waals surface area contributed by atoms with E-state index < -0.39 is 16.0 Å². The fraction of sp³-hybridized carbons (Fsp3) is 0.500. The number of carboxylic acid groups (broad SMARTS) is 1. The SMILES string of the molecule is COc1ccccc1S(=O)(=O)N1CCC(CC(=O)O)CC1. The van der Waals surface area contributed by atoms with Gasteiger partial charge in [-0.3, -0.25) is 4.79 Å². The molecule has 1 aromatic carbocycles. The molecular weight excluding hydrogens is 294 g/mol. The minimum atomic E-state index is -3.60. The first-order valence-corrected chi connectivity index (χ1v) is 8.24. The fourth-order valence-electron chi connectivity index (χ4n) is 2.57. The normalized spacial score (nSPS) is 17.6. The van der Waals surface area contributed by atoms with Gasteiger partial charge in [-0.05, 0) is 30.9 Å². The Hall–Kier alpha value is -1.60. The summed E-state index contributed by atoms with van der Waals surface area (Å²) in [6.07, 6.45) is 1.24. The Kier molecular flexibility index (Phi) is 4.84. The van der Waals surface area contributed by atoms with Crippen LogP contribution < -0.4 is 4.74 Å². The zero-order valence-electron chi connectivity index (χ0n) is 11.9. The molecular formula is C14H19NO5S. The molecule has 1 aromatic rings. The average molecular weight is 313 g/mol. The predicted octanol–water partition coefficient (Wildman–Crippen LogP) is 1.57. The molecule has 21 heavy (non-hydrogen) atoms. The van der Waals surface area contributed by atoms with Crippen LogP contribution in [0.1, 0.15) is 19.3 Å². The molecule has 6 nitrogen and oxygen atoms in total. The third-order valence-corrected chi connectivity index (χ3v) is 5.66. The molecule has 1 aliphatic rings. The second-order valence-corrected chi connectivity index (χ2v) is 7.00. The average Bonchev–Trinajstić information content (AvgIpc) is 2.47. The van der Waals surface area contributed by atoms with Crippen molar-refractivity contribution in [3.05, 3.63) is 24.3 Å². The molecule has 0 radical (unpaired) electrons. The van der Waals surface area contributed by atoms with Crippen molar-refractivity contribution in [2.45, 2.75) is 24.2 Å². The van der Waals surface area contributed by atoms with Gasteiger partial charge in [0.05, 0.1) is 7.11 Å². The molecule has 0 unspecified atom stereocenters. The van der Waals surface area contributed by atoms with Gasteiger partial charge in [0, 0.05) is 19.5 Å². The molecule has 0 atom stereocenters. The number of piperidine rings is 1. The Morgan fingerprint density at radius 3 is 2.52 bits per heavy atom. The van der Waals surface area contributed by atoms with Gasteiger partial charge in [-0.15, -0.1) is 0 Å². The highest BCUT2D eigenvalue weighted by atomic mass is 32.2. The number of para-hydroxylation sites is 1. The molecule has 0 aliphatic carbocycles. The van der Waals surface area contributed by atoms with Crippen molar-refractivity contribution >= 4 is 16.0 Å². The van der Waals surface area contributed by atoms with E-state index in [0.29, 0.717) is 31.7 Å². The van der Waals surface area contributed by atoms with E-state index in [2.05, 4.69) is 0 Å². The Balaban J connectivity index is 2.13. The van der Waals surface area contributed by atoms with Crippen molar-refractivity contribution in [3.8, 4) is 5.75 Å². The van der Waals surface area contributed by atoms with Crippen molar-refractivity contribution < 1.29 is 23.1 Å². The van der Waals surface area contributed by atoms with Crippen molar-refractivity contribution in [1.29, 1.82) is 0 Å². The van der Waals surface area contributed by atoms with E-state index in [1.807, 2.05) is 0 Å². The van der Waals surface area contributed by atoms with E-state index in [1.54, 1.807) is 18.2 Å². The molecule has 7 heteroatoms. The van der Waals surface area contributed by atoms with Gasteiger partial charge >= 0.3 is 5.97 Å². The number of nitrogens with zero attached hydrogens (tertiary/aromatic N) is 1. The van der Waals surface area contributed by atoms with Gasteiger partial charge in [0.25, 0.3) is 0 Å². The molecule has 1 aliphatic heterocycles. The van der Waals surface area contributed by atoms with Gasteiger partial charge in [0.15, 0.2) is 0 Å². The van der Waals surface area contributed by atoms with Crippen LogP contribution in [0, 0.1) is 5.92 Å². The quantitative estimate of drug-likeness (QED) is 0.892. The van der Waals surface area contributed by atoms with E-state index >= 15 is 0 Å². The highest BCUT2D eigenvalue weighted by Crippen LogP contribution is 2.30. The van der Waals surface area contributed by atoms with E-state index in [-0.39, 0.29) is 17.2 Å². The summed E-state index contributed by atoms with van der Waals surface area (Å²) >= 11 is 0. The van der Waals surface area contributed by atoms with Crippen LogP contribution in [0.15, 0.2) is 29.2 Å². The maximum atomic E-state index is 12.6. The van der Waals surface area contributed by atoms with Crippen LogP contribution in [-0.4, -0.2) is 44.0 Å². The molecule has 1 saturated heterocycles. The topological polar surface area (TPSA) is 83.9 Å². The lowest BCUT2D eigenvalue weighted by atomic mass is 9.95. The van der Waals surface area contributed by atoms with Crippen LogP contribution in [0.25, 0.3) is 0 Å². The summed E-state index contributed by atoms with van der Waals surface area (Å²) in [5.74, 6) is -0.460. The molecule has 1 N–H and O–H groups in total. The zero-order valence-corrected chi connectivity index (χ0v) is 12.7. The van der Waals surface area contributed by atoms with Gasteiger partial charge in [-0.1, -0.05) is 12.1 Å². The number of carboxylic acids is 1. The van der Waals surface area contributed by atoms with Crippen LogP contribution in [0.2, 0.25) is 0 Å². The summed E-state index contributed by atoms with van der Waals surface area (Å²) < 4.78 is 31.8. The van der Waals surface area contributed by atoms with Gasteiger partial charge in [0.1, 0.15) is 10.6 Å². The monoisotopic (exact) mass is 313 g/mol. The number of hydrogen-bond donors (Lipinski definition) is 1. The molecule has 0 bridgehead atoms. The molecule has 0 aromatic heterocycles. The van der Waals surface area contributed by atoms with E-state index in [0.717, 1.165) is 0 Å². The fourth-order valence-corrected chi connectivity index (χ4v) is 4.20. The van der Waals surface area contributed by atoms with Gasteiger partial charge < -0.3 is 9.84 Å². The number of rotatable bonds is 5. The Morgan fingerprint density at radius 2 is 1.95 bits per heavy atom. The first-order chi connectivity index (χ1) is 9.95.